The van der Waals surface area contributed by atoms with Gasteiger partial charge in [0.05, 0.1) is 29.9 Å². The molecule has 24 heavy (non-hydrogen) atoms. The summed E-state index contributed by atoms with van der Waals surface area (Å²) in [6.45, 7) is 2.51. The molecule has 0 aliphatic heterocycles. The number of halogens is 1. The van der Waals surface area contributed by atoms with Gasteiger partial charge in [-0.15, -0.1) is 0 Å². The predicted molar refractivity (Wildman–Crippen MR) is 84.1 cm³/mol. The molecule has 3 rings (SSSR count). The van der Waals surface area contributed by atoms with Crippen molar-refractivity contribution in [2.75, 3.05) is 19.0 Å². The van der Waals surface area contributed by atoms with Crippen LogP contribution in [0.25, 0.3) is 10.9 Å². The van der Waals surface area contributed by atoms with E-state index in [0.717, 1.165) is 0 Å². The molecule has 0 fully saturated rings. The molecule has 0 aliphatic rings. The van der Waals surface area contributed by atoms with E-state index in [0.29, 0.717) is 35.3 Å². The molecule has 0 spiro atoms. The summed E-state index contributed by atoms with van der Waals surface area (Å²) in [5.41, 5.74) is 1.35. The van der Waals surface area contributed by atoms with Crippen molar-refractivity contribution in [1.29, 1.82) is 0 Å². The lowest BCUT2D eigenvalue weighted by Crippen LogP contribution is -2.19. The number of anilines is 1. The maximum Gasteiger partial charge on any atom is 0.259 e. The minimum absolute atomic E-state index is 0.218. The lowest BCUT2D eigenvalue weighted by Gasteiger charge is -2.09. The van der Waals surface area contributed by atoms with Crippen molar-refractivity contribution in [3.63, 3.8) is 0 Å². The van der Waals surface area contributed by atoms with E-state index < -0.39 is 0 Å². The second-order valence-corrected chi connectivity index (χ2v) is 5.13. The third kappa shape index (κ3) is 3.20. The number of methoxy groups -OCH3 is 1. The van der Waals surface area contributed by atoms with Crippen LogP contribution in [-0.4, -0.2) is 44.8 Å². The Morgan fingerprint density at radius 1 is 1.38 bits per heavy atom. The Hall–Kier alpha value is -2.94. The molecule has 3 aromatic rings. The summed E-state index contributed by atoms with van der Waals surface area (Å²) in [7, 11) is 1.57. The van der Waals surface area contributed by atoms with Gasteiger partial charge in [-0.3, -0.25) is 15.1 Å². The highest BCUT2D eigenvalue weighted by Gasteiger charge is 2.15. The number of aromatic nitrogens is 5. The van der Waals surface area contributed by atoms with Crippen molar-refractivity contribution in [1.82, 2.24) is 25.2 Å². The number of pyridine rings is 1. The highest BCUT2D eigenvalue weighted by atomic mass is 19.1. The fraction of sp³-hybridized carbons (Fsp3) is 0.267. The van der Waals surface area contributed by atoms with E-state index in [4.69, 9.17) is 4.74 Å². The molecule has 0 saturated heterocycles. The molecular weight excluding hydrogens is 315 g/mol. The number of tetrazole rings is 1. The quantitative estimate of drug-likeness (QED) is 0.763. The van der Waals surface area contributed by atoms with Gasteiger partial charge in [0, 0.05) is 18.6 Å². The number of nitrogens with zero attached hydrogens (tertiary/aromatic N) is 5. The number of carbonyl (C=O) groups excluding carboxylic acids is 1. The van der Waals surface area contributed by atoms with Gasteiger partial charge in [-0.05, 0) is 35.5 Å². The Morgan fingerprint density at radius 3 is 3.00 bits per heavy atom. The minimum atomic E-state index is -0.389. The topological polar surface area (TPSA) is 94.8 Å². The molecule has 0 atom stereocenters. The number of hydrogen-bond donors (Lipinski definition) is 1. The molecule has 0 bridgehead atoms. The molecule has 1 N–H and O–H groups in total. The first-order valence-corrected chi connectivity index (χ1v) is 7.22. The number of carbonyl (C=O) groups is 1. The molecule has 1 amide bonds. The summed E-state index contributed by atoms with van der Waals surface area (Å²) in [4.78, 5) is 16.8. The first-order valence-electron chi connectivity index (χ1n) is 7.22. The number of hydrogen-bond acceptors (Lipinski definition) is 6. The van der Waals surface area contributed by atoms with Crippen LogP contribution in [0.2, 0.25) is 0 Å². The van der Waals surface area contributed by atoms with Crippen molar-refractivity contribution >= 4 is 22.8 Å². The van der Waals surface area contributed by atoms with Crippen molar-refractivity contribution in [3.8, 4) is 0 Å². The highest BCUT2D eigenvalue weighted by molar-refractivity contribution is 6.06. The lowest BCUT2D eigenvalue weighted by atomic mass is 10.1. The predicted octanol–water partition coefficient (Wildman–Crippen LogP) is 1.57. The molecule has 8 nitrogen and oxygen atoms in total. The van der Waals surface area contributed by atoms with Gasteiger partial charge in [0.2, 0.25) is 5.95 Å². The van der Waals surface area contributed by atoms with Crippen LogP contribution >= 0.6 is 0 Å². The molecule has 0 saturated carbocycles. The maximum absolute atomic E-state index is 13.3. The van der Waals surface area contributed by atoms with Gasteiger partial charge in [-0.25, -0.2) is 9.07 Å². The van der Waals surface area contributed by atoms with Gasteiger partial charge in [0.15, 0.2) is 0 Å². The van der Waals surface area contributed by atoms with Crippen LogP contribution < -0.4 is 5.32 Å². The lowest BCUT2D eigenvalue weighted by molar-refractivity contribution is 0.102. The van der Waals surface area contributed by atoms with E-state index >= 15 is 0 Å². The minimum Gasteiger partial charge on any atom is -0.383 e. The summed E-state index contributed by atoms with van der Waals surface area (Å²) in [5.74, 6) is -0.542. The smallest absolute Gasteiger partial charge is 0.259 e. The average molecular weight is 330 g/mol. The normalized spacial score (nSPS) is 11.0. The zero-order valence-corrected chi connectivity index (χ0v) is 13.2. The van der Waals surface area contributed by atoms with E-state index in [-0.39, 0.29) is 17.7 Å². The van der Waals surface area contributed by atoms with E-state index in [2.05, 4.69) is 25.8 Å². The first kappa shape index (κ1) is 15.9. The Bertz CT molecular complexity index is 895. The molecule has 9 heteroatoms. The van der Waals surface area contributed by atoms with Crippen LogP contribution in [0.4, 0.5) is 10.3 Å². The summed E-state index contributed by atoms with van der Waals surface area (Å²) in [6, 6.07) is 5.90. The second kappa shape index (κ2) is 6.67. The van der Waals surface area contributed by atoms with Crippen LogP contribution in [0.5, 0.6) is 0 Å². The highest BCUT2D eigenvalue weighted by Crippen LogP contribution is 2.18. The molecular formula is C15H15FN6O2. The average Bonchev–Trinajstić information content (AvgIpc) is 2.99. The SMILES string of the molecule is COCCn1nnnc1NC(=O)c1cc2ccc(F)cc2nc1C. The van der Waals surface area contributed by atoms with Crippen LogP contribution in [0, 0.1) is 12.7 Å². The first-order chi connectivity index (χ1) is 11.6. The van der Waals surface area contributed by atoms with Crippen LogP contribution in [0.15, 0.2) is 24.3 Å². The summed E-state index contributed by atoms with van der Waals surface area (Å²) in [5, 5.41) is 14.4. The van der Waals surface area contributed by atoms with Crippen LogP contribution in [0.3, 0.4) is 0 Å². The van der Waals surface area contributed by atoms with Crippen LogP contribution in [-0.2, 0) is 11.3 Å². The van der Waals surface area contributed by atoms with Gasteiger partial charge >= 0.3 is 0 Å². The third-order valence-electron chi connectivity index (χ3n) is 3.48. The Balaban J connectivity index is 1.87. The van der Waals surface area contributed by atoms with Gasteiger partial charge in [0.1, 0.15) is 5.82 Å². The number of rotatable bonds is 5. The van der Waals surface area contributed by atoms with Crippen molar-refractivity contribution in [2.24, 2.45) is 0 Å². The maximum atomic E-state index is 13.3. The van der Waals surface area contributed by atoms with Gasteiger partial charge in [0.25, 0.3) is 5.91 Å². The standard InChI is InChI=1S/C15H15FN6O2/c1-9-12(7-10-3-4-11(16)8-13(10)17-9)14(23)18-15-19-20-21-22(15)5-6-24-2/h3-4,7-8H,5-6H2,1-2H3,(H,18,19,21,23). The molecule has 0 aliphatic carbocycles. The zero-order chi connectivity index (χ0) is 17.1. The molecule has 2 aromatic heterocycles. The third-order valence-corrected chi connectivity index (χ3v) is 3.48. The Kier molecular flexibility index (Phi) is 4.43. The van der Waals surface area contributed by atoms with E-state index in [1.807, 2.05) is 0 Å². The monoisotopic (exact) mass is 330 g/mol. The van der Waals surface area contributed by atoms with E-state index in [1.165, 1.54) is 16.8 Å². The number of ether oxygens (including phenoxy) is 1. The second-order valence-electron chi connectivity index (χ2n) is 5.13. The largest absolute Gasteiger partial charge is 0.383 e. The van der Waals surface area contributed by atoms with E-state index in [9.17, 15) is 9.18 Å². The van der Waals surface area contributed by atoms with Crippen molar-refractivity contribution in [3.05, 3.63) is 41.3 Å². The van der Waals surface area contributed by atoms with Gasteiger partial charge < -0.3 is 4.74 Å². The number of benzene rings is 1. The van der Waals surface area contributed by atoms with Crippen molar-refractivity contribution in [2.45, 2.75) is 13.5 Å². The van der Waals surface area contributed by atoms with E-state index in [1.54, 1.807) is 26.2 Å². The fourth-order valence-corrected chi connectivity index (χ4v) is 2.26. The van der Waals surface area contributed by atoms with Crippen LogP contribution in [0.1, 0.15) is 16.1 Å². The number of fused-ring (bicyclic) bond motifs is 1. The summed E-state index contributed by atoms with van der Waals surface area (Å²) in [6.07, 6.45) is 0. The van der Waals surface area contributed by atoms with Crippen molar-refractivity contribution < 1.29 is 13.9 Å². The molecule has 2 heterocycles. The zero-order valence-electron chi connectivity index (χ0n) is 13.2. The number of amides is 1. The molecule has 124 valence electrons. The Morgan fingerprint density at radius 2 is 2.21 bits per heavy atom. The number of nitrogens with one attached hydrogen (secondary N) is 1. The fourth-order valence-electron chi connectivity index (χ4n) is 2.26. The molecule has 1 aromatic carbocycles. The van der Waals surface area contributed by atoms with Gasteiger partial charge in [-0.1, -0.05) is 5.10 Å². The summed E-state index contributed by atoms with van der Waals surface area (Å²) >= 11 is 0. The Labute approximate surface area is 136 Å². The van der Waals surface area contributed by atoms with Gasteiger partial charge in [-0.2, -0.15) is 0 Å². The molecule has 0 radical (unpaired) electrons. The number of aryl methyl sites for hydroxylation is 1. The molecule has 0 unspecified atom stereocenters. The summed E-state index contributed by atoms with van der Waals surface area (Å²) < 4.78 is 19.7.